The number of carbonyl (C=O) groups excluding carboxylic acids is 1. The fraction of sp³-hybridized carbons (Fsp3) is 0.333. The quantitative estimate of drug-likeness (QED) is 0.702. The number of nitrogens with zero attached hydrogens (tertiary/aromatic N) is 5. The van der Waals surface area contributed by atoms with Crippen LogP contribution in [0.5, 0.6) is 0 Å². The van der Waals surface area contributed by atoms with Gasteiger partial charge in [0.15, 0.2) is 5.69 Å². The highest BCUT2D eigenvalue weighted by molar-refractivity contribution is 6.31. The van der Waals surface area contributed by atoms with E-state index in [1.165, 1.54) is 23.0 Å². The zero-order chi connectivity index (χ0) is 19.6. The maximum absolute atomic E-state index is 13.1. The van der Waals surface area contributed by atoms with Crippen molar-refractivity contribution < 1.29 is 9.18 Å². The van der Waals surface area contributed by atoms with Crippen LogP contribution in [0.25, 0.3) is 0 Å². The van der Waals surface area contributed by atoms with Crippen LogP contribution in [0.3, 0.4) is 0 Å². The zero-order valence-electron chi connectivity index (χ0n) is 15.3. The molecule has 0 aliphatic heterocycles. The Morgan fingerprint density at radius 3 is 2.78 bits per heavy atom. The summed E-state index contributed by atoms with van der Waals surface area (Å²) in [5.74, 6) is -0.728. The van der Waals surface area contributed by atoms with Crippen LogP contribution >= 0.6 is 11.6 Å². The average molecular weight is 391 g/mol. The molecule has 1 N–H and O–H groups in total. The highest BCUT2D eigenvalue weighted by Crippen LogP contribution is 2.18. The van der Waals surface area contributed by atoms with Gasteiger partial charge in [-0.05, 0) is 38.5 Å². The van der Waals surface area contributed by atoms with E-state index < -0.39 is 5.82 Å². The fourth-order valence-electron chi connectivity index (χ4n) is 2.86. The summed E-state index contributed by atoms with van der Waals surface area (Å²) in [7, 11) is 0. The fourth-order valence-corrected chi connectivity index (χ4v) is 3.09. The molecule has 0 unspecified atom stereocenters. The molecule has 3 aromatic rings. The second-order valence-corrected chi connectivity index (χ2v) is 6.59. The van der Waals surface area contributed by atoms with E-state index in [0.717, 1.165) is 23.5 Å². The van der Waals surface area contributed by atoms with E-state index in [-0.39, 0.29) is 11.6 Å². The Kier molecular flexibility index (Phi) is 5.55. The zero-order valence-corrected chi connectivity index (χ0v) is 16.1. The van der Waals surface area contributed by atoms with Crippen molar-refractivity contribution in [1.29, 1.82) is 0 Å². The Morgan fingerprint density at radius 2 is 2.11 bits per heavy atom. The number of aryl methyl sites for hydroxylation is 2. The molecule has 0 saturated carbocycles. The lowest BCUT2D eigenvalue weighted by Crippen LogP contribution is -2.23. The summed E-state index contributed by atoms with van der Waals surface area (Å²) >= 11 is 6.02. The van der Waals surface area contributed by atoms with Crippen molar-refractivity contribution in [2.45, 2.75) is 40.4 Å². The van der Waals surface area contributed by atoms with Gasteiger partial charge < -0.3 is 5.32 Å². The van der Waals surface area contributed by atoms with Crippen LogP contribution in [-0.4, -0.2) is 30.7 Å². The molecule has 7 nitrogen and oxygen atoms in total. The summed E-state index contributed by atoms with van der Waals surface area (Å²) in [6, 6.07) is 4.14. The summed E-state index contributed by atoms with van der Waals surface area (Å²) < 4.78 is 16.5. The van der Waals surface area contributed by atoms with E-state index in [2.05, 4.69) is 20.7 Å². The van der Waals surface area contributed by atoms with Crippen LogP contribution in [0.4, 0.5) is 4.39 Å². The Labute approximate surface area is 161 Å². The highest BCUT2D eigenvalue weighted by atomic mass is 35.5. The number of aromatic nitrogens is 5. The SMILES string of the molecule is CCn1nc(C)c(CNC(=O)c2cn(Cc3ccc(F)cc3Cl)nn2)c1C. The molecule has 0 saturated heterocycles. The number of carbonyl (C=O) groups is 1. The van der Waals surface area contributed by atoms with Gasteiger partial charge in [-0.1, -0.05) is 22.9 Å². The minimum atomic E-state index is -0.403. The van der Waals surface area contributed by atoms with E-state index in [9.17, 15) is 9.18 Å². The minimum Gasteiger partial charge on any atom is -0.346 e. The highest BCUT2D eigenvalue weighted by Gasteiger charge is 2.15. The van der Waals surface area contributed by atoms with Crippen LogP contribution in [0.1, 0.15) is 39.9 Å². The molecule has 0 spiro atoms. The predicted octanol–water partition coefficient (Wildman–Crippen LogP) is 2.88. The van der Waals surface area contributed by atoms with Crippen molar-refractivity contribution in [3.63, 3.8) is 0 Å². The lowest BCUT2D eigenvalue weighted by atomic mass is 10.2. The maximum Gasteiger partial charge on any atom is 0.273 e. The normalized spacial score (nSPS) is 11.0. The molecule has 0 bridgehead atoms. The monoisotopic (exact) mass is 390 g/mol. The first-order valence-electron chi connectivity index (χ1n) is 8.54. The third kappa shape index (κ3) is 4.16. The second kappa shape index (κ2) is 7.87. The van der Waals surface area contributed by atoms with Crippen molar-refractivity contribution in [1.82, 2.24) is 30.1 Å². The van der Waals surface area contributed by atoms with Gasteiger partial charge in [0.1, 0.15) is 5.82 Å². The third-order valence-corrected chi connectivity index (χ3v) is 4.73. The van der Waals surface area contributed by atoms with E-state index in [0.29, 0.717) is 23.7 Å². The summed E-state index contributed by atoms with van der Waals surface area (Å²) in [5.41, 5.74) is 3.81. The van der Waals surface area contributed by atoms with Crippen molar-refractivity contribution in [3.8, 4) is 0 Å². The van der Waals surface area contributed by atoms with E-state index in [4.69, 9.17) is 11.6 Å². The third-order valence-electron chi connectivity index (χ3n) is 4.38. The first-order valence-corrected chi connectivity index (χ1v) is 8.92. The van der Waals surface area contributed by atoms with Gasteiger partial charge in [-0.25, -0.2) is 9.07 Å². The van der Waals surface area contributed by atoms with Gasteiger partial charge in [-0.2, -0.15) is 5.10 Å². The molecule has 2 aromatic heterocycles. The predicted molar refractivity (Wildman–Crippen MR) is 99.1 cm³/mol. The van der Waals surface area contributed by atoms with Crippen molar-refractivity contribution in [3.05, 3.63) is 63.4 Å². The summed E-state index contributed by atoms with van der Waals surface area (Å²) in [6.45, 7) is 7.36. The molecule has 0 fully saturated rings. The van der Waals surface area contributed by atoms with Gasteiger partial charge >= 0.3 is 0 Å². The first kappa shape index (κ1) is 19.0. The van der Waals surface area contributed by atoms with Gasteiger partial charge in [-0.3, -0.25) is 9.48 Å². The molecule has 3 rings (SSSR count). The topological polar surface area (TPSA) is 77.6 Å². The van der Waals surface area contributed by atoms with Gasteiger partial charge in [-0.15, -0.1) is 5.10 Å². The van der Waals surface area contributed by atoms with Gasteiger partial charge in [0.2, 0.25) is 0 Å². The first-order chi connectivity index (χ1) is 12.9. The van der Waals surface area contributed by atoms with E-state index >= 15 is 0 Å². The molecular formula is C18H20ClFN6O. The molecule has 0 atom stereocenters. The van der Waals surface area contributed by atoms with Crippen molar-refractivity contribution >= 4 is 17.5 Å². The Hall–Kier alpha value is -2.74. The molecule has 27 heavy (non-hydrogen) atoms. The molecule has 142 valence electrons. The van der Waals surface area contributed by atoms with Crippen LogP contribution in [0.2, 0.25) is 5.02 Å². The van der Waals surface area contributed by atoms with Crippen LogP contribution in [0.15, 0.2) is 24.4 Å². The smallest absolute Gasteiger partial charge is 0.273 e. The summed E-state index contributed by atoms with van der Waals surface area (Å²) in [6.07, 6.45) is 1.53. The van der Waals surface area contributed by atoms with Gasteiger partial charge in [0.05, 0.1) is 18.4 Å². The molecule has 0 radical (unpaired) electrons. The number of benzene rings is 1. The van der Waals surface area contributed by atoms with Gasteiger partial charge in [0.25, 0.3) is 5.91 Å². The Balaban J connectivity index is 1.66. The largest absolute Gasteiger partial charge is 0.346 e. The Morgan fingerprint density at radius 1 is 1.33 bits per heavy atom. The summed E-state index contributed by atoms with van der Waals surface area (Å²) in [5, 5.41) is 15.4. The molecular weight excluding hydrogens is 371 g/mol. The van der Waals surface area contributed by atoms with Crippen LogP contribution < -0.4 is 5.32 Å². The second-order valence-electron chi connectivity index (χ2n) is 6.18. The molecule has 0 aliphatic rings. The van der Waals surface area contributed by atoms with Crippen molar-refractivity contribution in [2.75, 3.05) is 0 Å². The molecule has 9 heteroatoms. The number of hydrogen-bond donors (Lipinski definition) is 1. The van der Waals surface area contributed by atoms with Crippen molar-refractivity contribution in [2.24, 2.45) is 0 Å². The number of halogens is 2. The minimum absolute atomic E-state index is 0.200. The van der Waals surface area contributed by atoms with Crippen LogP contribution in [-0.2, 0) is 19.6 Å². The standard InChI is InChI=1S/C18H20ClFN6O/c1-4-26-12(3)15(11(2)23-26)8-21-18(27)17-10-25(24-22-17)9-13-5-6-14(20)7-16(13)19/h5-7,10H,4,8-9H2,1-3H3,(H,21,27). The number of hydrogen-bond acceptors (Lipinski definition) is 4. The number of rotatable bonds is 6. The molecule has 2 heterocycles. The molecule has 0 aliphatic carbocycles. The van der Waals surface area contributed by atoms with Crippen LogP contribution in [0, 0.1) is 19.7 Å². The summed E-state index contributed by atoms with van der Waals surface area (Å²) in [4.78, 5) is 12.4. The van der Waals surface area contributed by atoms with Gasteiger partial charge in [0, 0.05) is 29.4 Å². The molecule has 1 amide bonds. The molecule has 1 aromatic carbocycles. The number of nitrogens with one attached hydrogen (secondary N) is 1. The Bertz CT molecular complexity index is 980. The lowest BCUT2D eigenvalue weighted by Gasteiger charge is -2.05. The maximum atomic E-state index is 13.1. The van der Waals surface area contributed by atoms with E-state index in [1.807, 2.05) is 25.5 Å². The average Bonchev–Trinajstić information content (AvgIpc) is 3.20. The lowest BCUT2D eigenvalue weighted by molar-refractivity contribution is 0.0945. The number of amides is 1. The van der Waals surface area contributed by atoms with E-state index in [1.54, 1.807) is 6.07 Å².